The van der Waals surface area contributed by atoms with Gasteiger partial charge in [-0.25, -0.2) is 0 Å². The first kappa shape index (κ1) is 5.39. The van der Waals surface area contributed by atoms with E-state index in [-0.39, 0.29) is 5.92 Å². The number of carbonyl (C=O) groups is 1. The molecule has 0 aromatic carbocycles. The molecule has 0 bridgehead atoms. The smallest absolute Gasteiger partial charge is 0.128 e. The molecule has 0 radical (unpaired) electrons. The summed E-state index contributed by atoms with van der Waals surface area (Å²) in [5.41, 5.74) is 0. The minimum Gasteiger partial charge on any atom is -0.303 e. The number of aldehydes is 1. The van der Waals surface area contributed by atoms with Gasteiger partial charge >= 0.3 is 0 Å². The van der Waals surface area contributed by atoms with E-state index in [0.717, 1.165) is 6.29 Å². The molecule has 0 aliphatic heterocycles. The van der Waals surface area contributed by atoms with Crippen molar-refractivity contribution in [3.8, 4) is 0 Å². The largest absolute Gasteiger partial charge is 0.303 e. The highest BCUT2D eigenvalue weighted by Gasteiger charge is 2.51. The average molecular weight is 139 g/mol. The Morgan fingerprint density at radius 1 is 1.71 bits per heavy atom. The predicted octanol–water partition coefficient (Wildman–Crippen LogP) is 1.38. The van der Waals surface area contributed by atoms with Gasteiger partial charge in [-0.1, -0.05) is 0 Å². The molecule has 0 amide bonds. The summed E-state index contributed by atoms with van der Waals surface area (Å²) in [4.78, 5) is 9.81. The van der Waals surface area contributed by atoms with Gasteiger partial charge in [0.05, 0.1) is 5.92 Å². The van der Waals surface area contributed by atoms with Crippen LogP contribution in [-0.4, -0.2) is 10.6 Å². The Hall–Kier alpha value is 0.250. The van der Waals surface area contributed by atoms with Gasteiger partial charge in [0.25, 0.3) is 0 Å². The fraction of sp³-hybridized carbons (Fsp3) is 0.750. The Balaban J connectivity index is 2.44. The standard InChI is InChI=1S/C4H4Cl2O/c5-4(6)1-3(4)2-7/h2-3H,1H2/t3-/m1/s1. The first-order chi connectivity index (χ1) is 3.17. The third-order valence-corrected chi connectivity index (χ3v) is 1.91. The van der Waals surface area contributed by atoms with Crippen LogP contribution in [0.1, 0.15) is 6.42 Å². The molecular weight excluding hydrogens is 135 g/mol. The average Bonchev–Trinajstić information content (AvgIpc) is 2.13. The van der Waals surface area contributed by atoms with Gasteiger partial charge in [-0.05, 0) is 6.42 Å². The van der Waals surface area contributed by atoms with Gasteiger partial charge in [0.2, 0.25) is 0 Å². The van der Waals surface area contributed by atoms with Crippen molar-refractivity contribution in [3.05, 3.63) is 0 Å². The van der Waals surface area contributed by atoms with E-state index in [9.17, 15) is 4.79 Å². The molecule has 1 atom stereocenters. The summed E-state index contributed by atoms with van der Waals surface area (Å²) in [6.07, 6.45) is 1.42. The Kier molecular flexibility index (Phi) is 1.05. The van der Waals surface area contributed by atoms with E-state index >= 15 is 0 Å². The van der Waals surface area contributed by atoms with E-state index in [1.54, 1.807) is 0 Å². The van der Waals surface area contributed by atoms with Crippen LogP contribution in [0.2, 0.25) is 0 Å². The Labute approximate surface area is 51.6 Å². The van der Waals surface area contributed by atoms with Gasteiger partial charge in [-0.15, -0.1) is 23.2 Å². The summed E-state index contributed by atoms with van der Waals surface area (Å²) < 4.78 is -0.707. The maximum atomic E-state index is 9.81. The summed E-state index contributed by atoms with van der Waals surface area (Å²) in [6, 6.07) is 0. The van der Waals surface area contributed by atoms with Gasteiger partial charge in [0.15, 0.2) is 0 Å². The van der Waals surface area contributed by atoms with E-state index in [0.29, 0.717) is 6.42 Å². The number of hydrogen-bond donors (Lipinski definition) is 0. The zero-order valence-electron chi connectivity index (χ0n) is 3.53. The van der Waals surface area contributed by atoms with Crippen LogP contribution in [0.25, 0.3) is 0 Å². The lowest BCUT2D eigenvalue weighted by molar-refractivity contribution is -0.108. The molecular formula is C4H4Cl2O. The molecule has 0 aromatic rings. The Morgan fingerprint density at radius 3 is 2.14 bits per heavy atom. The highest BCUT2D eigenvalue weighted by atomic mass is 35.5. The Morgan fingerprint density at radius 2 is 2.14 bits per heavy atom. The van der Waals surface area contributed by atoms with Crippen LogP contribution in [0.15, 0.2) is 0 Å². The molecule has 0 aromatic heterocycles. The summed E-state index contributed by atoms with van der Waals surface area (Å²) in [5.74, 6) is -0.101. The van der Waals surface area contributed by atoms with Crippen molar-refractivity contribution in [1.82, 2.24) is 0 Å². The molecule has 7 heavy (non-hydrogen) atoms. The monoisotopic (exact) mass is 138 g/mol. The third kappa shape index (κ3) is 0.892. The maximum Gasteiger partial charge on any atom is 0.128 e. The van der Waals surface area contributed by atoms with Crippen molar-refractivity contribution in [3.63, 3.8) is 0 Å². The van der Waals surface area contributed by atoms with E-state index in [1.165, 1.54) is 0 Å². The SMILES string of the molecule is O=C[C@H]1CC1(Cl)Cl. The molecule has 1 aliphatic rings. The van der Waals surface area contributed by atoms with Crippen LogP contribution in [0, 0.1) is 5.92 Å². The zero-order valence-corrected chi connectivity index (χ0v) is 5.04. The minimum atomic E-state index is -0.707. The van der Waals surface area contributed by atoms with Crippen LogP contribution < -0.4 is 0 Å². The fourth-order valence-electron chi connectivity index (χ4n) is 0.382. The molecule has 0 N–H and O–H groups in total. The zero-order chi connectivity index (χ0) is 5.49. The lowest BCUT2D eigenvalue weighted by Gasteiger charge is -1.84. The number of alkyl halides is 2. The van der Waals surface area contributed by atoms with E-state index in [4.69, 9.17) is 23.2 Å². The summed E-state index contributed by atoms with van der Waals surface area (Å²) in [6.45, 7) is 0. The summed E-state index contributed by atoms with van der Waals surface area (Å²) in [5, 5.41) is 0. The van der Waals surface area contributed by atoms with Crippen LogP contribution in [0.5, 0.6) is 0 Å². The van der Waals surface area contributed by atoms with Gasteiger partial charge in [-0.3, -0.25) is 0 Å². The molecule has 40 valence electrons. The molecule has 3 heteroatoms. The topological polar surface area (TPSA) is 17.1 Å². The molecule has 1 fully saturated rings. The highest BCUT2D eigenvalue weighted by Crippen LogP contribution is 2.51. The molecule has 0 spiro atoms. The number of hydrogen-bond acceptors (Lipinski definition) is 1. The van der Waals surface area contributed by atoms with Gasteiger partial charge < -0.3 is 4.79 Å². The van der Waals surface area contributed by atoms with Crippen LogP contribution in [0.3, 0.4) is 0 Å². The second-order valence-electron chi connectivity index (χ2n) is 1.71. The van der Waals surface area contributed by atoms with E-state index in [2.05, 4.69) is 0 Å². The van der Waals surface area contributed by atoms with Crippen molar-refractivity contribution in [2.75, 3.05) is 0 Å². The van der Waals surface area contributed by atoms with E-state index in [1.807, 2.05) is 0 Å². The van der Waals surface area contributed by atoms with Crippen molar-refractivity contribution < 1.29 is 4.79 Å². The second-order valence-corrected chi connectivity index (χ2v) is 3.25. The molecule has 0 unspecified atom stereocenters. The number of carbonyl (C=O) groups excluding carboxylic acids is 1. The second kappa shape index (κ2) is 1.36. The maximum absolute atomic E-state index is 9.81. The van der Waals surface area contributed by atoms with Crippen molar-refractivity contribution in [2.45, 2.75) is 10.8 Å². The quantitative estimate of drug-likeness (QED) is 0.396. The third-order valence-electron chi connectivity index (χ3n) is 1.04. The van der Waals surface area contributed by atoms with Crippen LogP contribution >= 0.6 is 23.2 Å². The predicted molar refractivity (Wildman–Crippen MR) is 28.6 cm³/mol. The number of halogens is 2. The molecule has 0 saturated heterocycles. The van der Waals surface area contributed by atoms with Gasteiger partial charge in [-0.2, -0.15) is 0 Å². The molecule has 1 saturated carbocycles. The van der Waals surface area contributed by atoms with Crippen molar-refractivity contribution >= 4 is 29.5 Å². The summed E-state index contributed by atoms with van der Waals surface area (Å²) >= 11 is 10.9. The highest BCUT2D eigenvalue weighted by molar-refractivity contribution is 6.51. The molecule has 1 aliphatic carbocycles. The van der Waals surface area contributed by atoms with Crippen molar-refractivity contribution in [2.24, 2.45) is 5.92 Å². The van der Waals surface area contributed by atoms with Crippen LogP contribution in [-0.2, 0) is 4.79 Å². The first-order valence-electron chi connectivity index (χ1n) is 2.00. The van der Waals surface area contributed by atoms with Gasteiger partial charge in [0.1, 0.15) is 10.6 Å². The normalized spacial score (nSPS) is 34.9. The molecule has 0 heterocycles. The first-order valence-corrected chi connectivity index (χ1v) is 2.75. The van der Waals surface area contributed by atoms with Crippen LogP contribution in [0.4, 0.5) is 0 Å². The fourth-order valence-corrected chi connectivity index (χ4v) is 0.817. The van der Waals surface area contributed by atoms with Crippen molar-refractivity contribution in [1.29, 1.82) is 0 Å². The molecule has 1 nitrogen and oxygen atoms in total. The number of rotatable bonds is 1. The summed E-state index contributed by atoms with van der Waals surface area (Å²) in [7, 11) is 0. The Bertz CT molecular complexity index is 99.9. The lowest BCUT2D eigenvalue weighted by atomic mass is 10.5. The minimum absolute atomic E-state index is 0.101. The van der Waals surface area contributed by atoms with E-state index < -0.39 is 4.33 Å². The van der Waals surface area contributed by atoms with Gasteiger partial charge in [0, 0.05) is 0 Å². The lowest BCUT2D eigenvalue weighted by Crippen LogP contribution is -1.88. The molecule has 1 rings (SSSR count).